The lowest BCUT2D eigenvalue weighted by molar-refractivity contribution is 0.452. The van der Waals surface area contributed by atoms with Crippen molar-refractivity contribution in [3.63, 3.8) is 0 Å². The second-order valence-corrected chi connectivity index (χ2v) is 4.55. The van der Waals surface area contributed by atoms with Gasteiger partial charge in [0.25, 0.3) is 0 Å². The van der Waals surface area contributed by atoms with E-state index in [1.165, 1.54) is 24.2 Å². The van der Waals surface area contributed by atoms with E-state index in [-0.39, 0.29) is 0 Å². The predicted molar refractivity (Wildman–Crippen MR) is 61.0 cm³/mol. The molecule has 0 amide bonds. The molecule has 0 aromatic carbocycles. The molecular weight excluding hydrogens is 186 g/mol. The van der Waals surface area contributed by atoms with Crippen LogP contribution in [-0.4, -0.2) is 23.1 Å². The van der Waals surface area contributed by atoms with Crippen molar-refractivity contribution >= 4 is 0 Å². The lowest BCUT2D eigenvalue weighted by Gasteiger charge is -2.22. The standard InChI is InChI=1S/C12H19N3/c1-9(2)11-7-12(15-8-14-11)10-3-5-13-6-4-10/h7-10,13H,3-6H2,1-2H3. The molecule has 1 aliphatic heterocycles. The number of hydrogen-bond acceptors (Lipinski definition) is 3. The van der Waals surface area contributed by atoms with Gasteiger partial charge in [-0.25, -0.2) is 9.97 Å². The second-order valence-electron chi connectivity index (χ2n) is 4.55. The third-order valence-corrected chi connectivity index (χ3v) is 3.06. The fourth-order valence-electron chi connectivity index (χ4n) is 2.04. The molecule has 2 rings (SSSR count). The topological polar surface area (TPSA) is 37.8 Å². The normalized spacial score (nSPS) is 18.3. The highest BCUT2D eigenvalue weighted by atomic mass is 14.9. The van der Waals surface area contributed by atoms with Gasteiger partial charge < -0.3 is 5.32 Å². The monoisotopic (exact) mass is 205 g/mol. The quantitative estimate of drug-likeness (QED) is 0.803. The number of aromatic nitrogens is 2. The predicted octanol–water partition coefficient (Wildman–Crippen LogP) is 2.07. The van der Waals surface area contributed by atoms with E-state index in [0.29, 0.717) is 11.8 Å². The minimum absolute atomic E-state index is 0.494. The third kappa shape index (κ3) is 2.53. The molecule has 0 spiro atoms. The Balaban J connectivity index is 2.16. The molecule has 3 nitrogen and oxygen atoms in total. The van der Waals surface area contributed by atoms with E-state index in [2.05, 4.69) is 35.2 Å². The van der Waals surface area contributed by atoms with Crippen LogP contribution in [0.25, 0.3) is 0 Å². The van der Waals surface area contributed by atoms with Gasteiger partial charge >= 0.3 is 0 Å². The highest BCUT2D eigenvalue weighted by Gasteiger charge is 2.17. The molecule has 82 valence electrons. The van der Waals surface area contributed by atoms with Crippen molar-refractivity contribution in [2.75, 3.05) is 13.1 Å². The summed E-state index contributed by atoms with van der Waals surface area (Å²) < 4.78 is 0. The van der Waals surface area contributed by atoms with Gasteiger partial charge in [0.15, 0.2) is 0 Å². The molecular formula is C12H19N3. The van der Waals surface area contributed by atoms with Gasteiger partial charge in [-0.3, -0.25) is 0 Å². The highest BCUT2D eigenvalue weighted by molar-refractivity contribution is 5.15. The average molecular weight is 205 g/mol. The first-order valence-electron chi connectivity index (χ1n) is 5.80. The van der Waals surface area contributed by atoms with Gasteiger partial charge in [0.1, 0.15) is 6.33 Å². The van der Waals surface area contributed by atoms with Gasteiger partial charge in [-0.15, -0.1) is 0 Å². The summed E-state index contributed by atoms with van der Waals surface area (Å²) in [4.78, 5) is 8.71. The molecule has 0 unspecified atom stereocenters. The number of nitrogens with one attached hydrogen (secondary N) is 1. The number of hydrogen-bond donors (Lipinski definition) is 1. The third-order valence-electron chi connectivity index (χ3n) is 3.06. The molecule has 1 aliphatic rings. The molecule has 0 aliphatic carbocycles. The largest absolute Gasteiger partial charge is 0.317 e. The highest BCUT2D eigenvalue weighted by Crippen LogP contribution is 2.24. The molecule has 0 bridgehead atoms. The van der Waals surface area contributed by atoms with Crippen molar-refractivity contribution in [3.8, 4) is 0 Å². The number of rotatable bonds is 2. The van der Waals surface area contributed by atoms with Crippen molar-refractivity contribution in [2.24, 2.45) is 0 Å². The summed E-state index contributed by atoms with van der Waals surface area (Å²) in [5.74, 6) is 1.13. The maximum absolute atomic E-state index is 4.41. The molecule has 15 heavy (non-hydrogen) atoms. The van der Waals surface area contributed by atoms with Crippen LogP contribution in [-0.2, 0) is 0 Å². The smallest absolute Gasteiger partial charge is 0.115 e. The Hall–Kier alpha value is -0.960. The Morgan fingerprint density at radius 2 is 2.00 bits per heavy atom. The summed E-state index contributed by atoms with van der Waals surface area (Å²) in [6.45, 7) is 6.58. The lowest BCUT2D eigenvalue weighted by atomic mass is 9.93. The molecule has 0 saturated carbocycles. The van der Waals surface area contributed by atoms with Gasteiger partial charge in [0.05, 0.1) is 0 Å². The van der Waals surface area contributed by atoms with E-state index in [9.17, 15) is 0 Å². The molecule has 1 fully saturated rings. The summed E-state index contributed by atoms with van der Waals surface area (Å²) in [5.41, 5.74) is 2.40. The SMILES string of the molecule is CC(C)c1cc(C2CCNCC2)ncn1. The van der Waals surface area contributed by atoms with Crippen LogP contribution in [0.5, 0.6) is 0 Å². The van der Waals surface area contributed by atoms with Crippen LogP contribution in [0, 0.1) is 0 Å². The summed E-state index contributed by atoms with van der Waals surface area (Å²) in [5, 5.41) is 3.38. The zero-order valence-electron chi connectivity index (χ0n) is 9.53. The maximum atomic E-state index is 4.41. The zero-order chi connectivity index (χ0) is 10.7. The van der Waals surface area contributed by atoms with Gasteiger partial charge in [0.2, 0.25) is 0 Å². The van der Waals surface area contributed by atoms with Crippen LogP contribution in [0.15, 0.2) is 12.4 Å². The first-order chi connectivity index (χ1) is 7.27. The molecule has 1 aromatic rings. The van der Waals surface area contributed by atoms with E-state index < -0.39 is 0 Å². The molecule has 3 heteroatoms. The van der Waals surface area contributed by atoms with E-state index in [4.69, 9.17) is 0 Å². The Morgan fingerprint density at radius 3 is 2.67 bits per heavy atom. The first-order valence-corrected chi connectivity index (χ1v) is 5.80. The van der Waals surface area contributed by atoms with Crippen molar-refractivity contribution in [1.29, 1.82) is 0 Å². The van der Waals surface area contributed by atoms with Crippen LogP contribution >= 0.6 is 0 Å². The summed E-state index contributed by atoms with van der Waals surface area (Å²) >= 11 is 0. The maximum Gasteiger partial charge on any atom is 0.115 e. The molecule has 1 N–H and O–H groups in total. The summed E-state index contributed by atoms with van der Waals surface area (Å²) in [7, 11) is 0. The molecule has 1 saturated heterocycles. The van der Waals surface area contributed by atoms with Crippen LogP contribution < -0.4 is 5.32 Å². The Kier molecular flexibility index (Phi) is 3.31. The van der Waals surface area contributed by atoms with Crippen molar-refractivity contribution in [1.82, 2.24) is 15.3 Å². The van der Waals surface area contributed by atoms with Crippen LogP contribution in [0.2, 0.25) is 0 Å². The van der Waals surface area contributed by atoms with E-state index in [0.717, 1.165) is 13.1 Å². The average Bonchev–Trinajstić information content (AvgIpc) is 2.30. The van der Waals surface area contributed by atoms with Crippen LogP contribution in [0.1, 0.15) is 49.9 Å². The van der Waals surface area contributed by atoms with Gasteiger partial charge in [0, 0.05) is 17.3 Å². The Bertz CT molecular complexity index is 316. The number of nitrogens with zero attached hydrogens (tertiary/aromatic N) is 2. The van der Waals surface area contributed by atoms with Gasteiger partial charge in [-0.2, -0.15) is 0 Å². The molecule has 2 heterocycles. The number of piperidine rings is 1. The molecule has 0 atom stereocenters. The van der Waals surface area contributed by atoms with E-state index >= 15 is 0 Å². The van der Waals surface area contributed by atoms with Crippen molar-refractivity contribution in [3.05, 3.63) is 23.8 Å². The van der Waals surface area contributed by atoms with Crippen LogP contribution in [0.4, 0.5) is 0 Å². The fourth-order valence-corrected chi connectivity index (χ4v) is 2.04. The lowest BCUT2D eigenvalue weighted by Crippen LogP contribution is -2.27. The van der Waals surface area contributed by atoms with Crippen molar-refractivity contribution < 1.29 is 0 Å². The van der Waals surface area contributed by atoms with Gasteiger partial charge in [-0.05, 0) is 37.9 Å². The zero-order valence-corrected chi connectivity index (χ0v) is 9.53. The minimum Gasteiger partial charge on any atom is -0.317 e. The first kappa shape index (κ1) is 10.6. The summed E-state index contributed by atoms with van der Waals surface area (Å²) in [6.07, 6.45) is 4.12. The van der Waals surface area contributed by atoms with E-state index in [1.807, 2.05) is 0 Å². The van der Waals surface area contributed by atoms with Crippen LogP contribution in [0.3, 0.4) is 0 Å². The molecule has 1 aromatic heterocycles. The molecule has 0 radical (unpaired) electrons. The fraction of sp³-hybridized carbons (Fsp3) is 0.667. The van der Waals surface area contributed by atoms with Gasteiger partial charge in [-0.1, -0.05) is 13.8 Å². The Labute approximate surface area is 91.3 Å². The van der Waals surface area contributed by atoms with Crippen molar-refractivity contribution in [2.45, 2.75) is 38.5 Å². The van der Waals surface area contributed by atoms with E-state index in [1.54, 1.807) is 6.33 Å². The Morgan fingerprint density at radius 1 is 1.27 bits per heavy atom. The second kappa shape index (κ2) is 4.71. The minimum atomic E-state index is 0.494. The summed E-state index contributed by atoms with van der Waals surface area (Å²) in [6, 6.07) is 2.18.